The maximum Gasteiger partial charge on any atom is 0.124 e. The van der Waals surface area contributed by atoms with E-state index < -0.39 is 0 Å². The van der Waals surface area contributed by atoms with Crippen LogP contribution in [0.5, 0.6) is 5.75 Å². The second-order valence-corrected chi connectivity index (χ2v) is 5.48. The third kappa shape index (κ3) is 6.42. The fourth-order valence-electron chi connectivity index (χ4n) is 2.28. The molecular formula is C18H31NO. The van der Waals surface area contributed by atoms with Crippen molar-refractivity contribution in [3.05, 3.63) is 29.8 Å². The zero-order valence-corrected chi connectivity index (χ0v) is 13.5. The van der Waals surface area contributed by atoms with E-state index in [1.807, 2.05) is 0 Å². The van der Waals surface area contributed by atoms with Gasteiger partial charge in [-0.2, -0.15) is 0 Å². The third-order valence-corrected chi connectivity index (χ3v) is 3.62. The van der Waals surface area contributed by atoms with E-state index >= 15 is 0 Å². The third-order valence-electron chi connectivity index (χ3n) is 3.62. The fourth-order valence-corrected chi connectivity index (χ4v) is 2.28. The highest BCUT2D eigenvalue weighted by atomic mass is 16.5. The van der Waals surface area contributed by atoms with E-state index in [4.69, 9.17) is 4.74 Å². The molecule has 1 atom stereocenters. The van der Waals surface area contributed by atoms with Crippen LogP contribution >= 0.6 is 0 Å². The summed E-state index contributed by atoms with van der Waals surface area (Å²) in [5.41, 5.74) is 1.28. The molecule has 1 N–H and O–H groups in total. The Morgan fingerprint density at radius 1 is 1.00 bits per heavy atom. The van der Waals surface area contributed by atoms with Gasteiger partial charge in [0, 0.05) is 11.6 Å². The number of hydrogen-bond donors (Lipinski definition) is 1. The second kappa shape index (κ2) is 10.7. The van der Waals surface area contributed by atoms with E-state index in [0.717, 1.165) is 25.3 Å². The van der Waals surface area contributed by atoms with Gasteiger partial charge in [-0.1, -0.05) is 57.7 Å². The normalized spacial score (nSPS) is 12.3. The lowest BCUT2D eigenvalue weighted by Crippen LogP contribution is -2.20. The minimum absolute atomic E-state index is 0.356. The lowest BCUT2D eigenvalue weighted by atomic mass is 10.1. The fraction of sp³-hybridized carbons (Fsp3) is 0.667. The van der Waals surface area contributed by atoms with Gasteiger partial charge in [-0.3, -0.25) is 0 Å². The summed E-state index contributed by atoms with van der Waals surface area (Å²) < 4.78 is 5.90. The van der Waals surface area contributed by atoms with Crippen LogP contribution in [0.4, 0.5) is 0 Å². The standard InChI is InChI=1S/C18H31NO/c1-4-6-8-11-14-19-16(3)17-12-9-10-13-18(17)20-15-7-5-2/h9-10,12-13,16,19H,4-8,11,14-15H2,1-3H3. The Morgan fingerprint density at radius 2 is 1.75 bits per heavy atom. The summed E-state index contributed by atoms with van der Waals surface area (Å²) >= 11 is 0. The van der Waals surface area contributed by atoms with E-state index in [1.165, 1.54) is 37.7 Å². The molecule has 1 aromatic carbocycles. The van der Waals surface area contributed by atoms with Gasteiger partial charge in [0.2, 0.25) is 0 Å². The first-order valence-electron chi connectivity index (χ1n) is 8.24. The van der Waals surface area contributed by atoms with Crippen LogP contribution in [0.3, 0.4) is 0 Å². The molecule has 2 nitrogen and oxygen atoms in total. The number of rotatable bonds is 11. The first-order chi connectivity index (χ1) is 9.79. The summed E-state index contributed by atoms with van der Waals surface area (Å²) in [5, 5.41) is 3.61. The first-order valence-corrected chi connectivity index (χ1v) is 8.24. The van der Waals surface area contributed by atoms with Gasteiger partial charge >= 0.3 is 0 Å². The molecule has 0 heterocycles. The zero-order chi connectivity index (χ0) is 14.6. The van der Waals surface area contributed by atoms with Crippen LogP contribution in [0.15, 0.2) is 24.3 Å². The molecule has 20 heavy (non-hydrogen) atoms. The van der Waals surface area contributed by atoms with Crippen molar-refractivity contribution >= 4 is 0 Å². The molecule has 0 amide bonds. The Kier molecular flexibility index (Phi) is 9.14. The van der Waals surface area contributed by atoms with Gasteiger partial charge in [-0.05, 0) is 32.4 Å². The van der Waals surface area contributed by atoms with Crippen molar-refractivity contribution in [2.45, 2.75) is 65.3 Å². The van der Waals surface area contributed by atoms with Crippen molar-refractivity contribution < 1.29 is 4.74 Å². The van der Waals surface area contributed by atoms with Crippen molar-refractivity contribution in [1.82, 2.24) is 5.32 Å². The van der Waals surface area contributed by atoms with Gasteiger partial charge < -0.3 is 10.1 Å². The molecule has 0 saturated carbocycles. The van der Waals surface area contributed by atoms with E-state index in [2.05, 4.69) is 50.4 Å². The maximum absolute atomic E-state index is 5.90. The molecule has 0 aromatic heterocycles. The summed E-state index contributed by atoms with van der Waals surface area (Å²) in [7, 11) is 0. The Hall–Kier alpha value is -1.02. The van der Waals surface area contributed by atoms with Crippen LogP contribution in [-0.2, 0) is 0 Å². The molecule has 0 aliphatic heterocycles. The molecule has 0 radical (unpaired) electrons. The smallest absolute Gasteiger partial charge is 0.124 e. The van der Waals surface area contributed by atoms with Crippen LogP contribution in [0.25, 0.3) is 0 Å². The number of para-hydroxylation sites is 1. The zero-order valence-electron chi connectivity index (χ0n) is 13.5. The number of unbranched alkanes of at least 4 members (excludes halogenated alkanes) is 4. The summed E-state index contributed by atoms with van der Waals surface area (Å²) in [6.07, 6.45) is 7.51. The summed E-state index contributed by atoms with van der Waals surface area (Å²) in [4.78, 5) is 0. The minimum atomic E-state index is 0.356. The van der Waals surface area contributed by atoms with Gasteiger partial charge in [0.25, 0.3) is 0 Å². The quantitative estimate of drug-likeness (QED) is 0.568. The lowest BCUT2D eigenvalue weighted by molar-refractivity contribution is 0.303. The molecular weight excluding hydrogens is 246 g/mol. The Balaban J connectivity index is 2.43. The van der Waals surface area contributed by atoms with Crippen LogP contribution in [0.1, 0.15) is 70.9 Å². The number of ether oxygens (including phenoxy) is 1. The monoisotopic (exact) mass is 277 g/mol. The molecule has 0 aliphatic carbocycles. The Morgan fingerprint density at radius 3 is 2.50 bits per heavy atom. The van der Waals surface area contributed by atoms with Crippen molar-refractivity contribution in [2.24, 2.45) is 0 Å². The molecule has 0 bridgehead atoms. The average Bonchev–Trinajstić information content (AvgIpc) is 2.47. The summed E-state index contributed by atoms with van der Waals surface area (Å²) in [6.45, 7) is 8.57. The first kappa shape index (κ1) is 17.0. The molecule has 0 fully saturated rings. The number of hydrogen-bond acceptors (Lipinski definition) is 2. The van der Waals surface area contributed by atoms with Crippen LogP contribution in [-0.4, -0.2) is 13.2 Å². The van der Waals surface area contributed by atoms with Crippen molar-refractivity contribution in [2.75, 3.05) is 13.2 Å². The molecule has 0 aliphatic rings. The Labute approximate surface area is 124 Å². The van der Waals surface area contributed by atoms with Gasteiger partial charge in [0.15, 0.2) is 0 Å². The number of nitrogens with one attached hydrogen (secondary N) is 1. The highest BCUT2D eigenvalue weighted by molar-refractivity contribution is 5.35. The largest absolute Gasteiger partial charge is 0.493 e. The molecule has 0 saturated heterocycles. The molecule has 1 unspecified atom stereocenters. The Bertz CT molecular complexity index is 351. The van der Waals surface area contributed by atoms with E-state index in [1.54, 1.807) is 0 Å². The van der Waals surface area contributed by atoms with Gasteiger partial charge in [-0.25, -0.2) is 0 Å². The van der Waals surface area contributed by atoms with Crippen LogP contribution in [0, 0.1) is 0 Å². The van der Waals surface area contributed by atoms with Gasteiger partial charge in [0.1, 0.15) is 5.75 Å². The summed E-state index contributed by atoms with van der Waals surface area (Å²) in [5.74, 6) is 1.04. The molecule has 2 heteroatoms. The minimum Gasteiger partial charge on any atom is -0.493 e. The predicted molar refractivity (Wildman–Crippen MR) is 87.4 cm³/mol. The van der Waals surface area contributed by atoms with Crippen LogP contribution in [0.2, 0.25) is 0 Å². The van der Waals surface area contributed by atoms with Crippen LogP contribution < -0.4 is 10.1 Å². The number of benzene rings is 1. The van der Waals surface area contributed by atoms with E-state index in [0.29, 0.717) is 6.04 Å². The lowest BCUT2D eigenvalue weighted by Gasteiger charge is -2.18. The summed E-state index contributed by atoms with van der Waals surface area (Å²) in [6, 6.07) is 8.76. The molecule has 0 spiro atoms. The highest BCUT2D eigenvalue weighted by Crippen LogP contribution is 2.25. The SMILES string of the molecule is CCCCCCNC(C)c1ccccc1OCCCC. The van der Waals surface area contributed by atoms with Gasteiger partial charge in [-0.15, -0.1) is 0 Å². The predicted octanol–water partition coefficient (Wildman–Crippen LogP) is 5.10. The second-order valence-electron chi connectivity index (χ2n) is 5.48. The van der Waals surface area contributed by atoms with Crippen molar-refractivity contribution in [3.63, 3.8) is 0 Å². The maximum atomic E-state index is 5.90. The van der Waals surface area contributed by atoms with Gasteiger partial charge in [0.05, 0.1) is 6.61 Å². The average molecular weight is 277 g/mol. The molecule has 1 aromatic rings. The topological polar surface area (TPSA) is 21.3 Å². The van der Waals surface area contributed by atoms with Crippen molar-refractivity contribution in [3.8, 4) is 5.75 Å². The molecule has 1 rings (SSSR count). The van der Waals surface area contributed by atoms with E-state index in [9.17, 15) is 0 Å². The highest BCUT2D eigenvalue weighted by Gasteiger charge is 2.10. The van der Waals surface area contributed by atoms with Crippen molar-refractivity contribution in [1.29, 1.82) is 0 Å². The molecule has 114 valence electrons. The van der Waals surface area contributed by atoms with E-state index in [-0.39, 0.29) is 0 Å².